The molecule has 2 N–H and O–H groups in total. The molecule has 0 aliphatic rings. The topological polar surface area (TPSA) is 26.0 Å². The van der Waals surface area contributed by atoms with Gasteiger partial charge in [-0.05, 0) is 5.56 Å². The van der Waals surface area contributed by atoms with Gasteiger partial charge in [0.05, 0.1) is 0 Å². The highest BCUT2D eigenvalue weighted by Gasteiger charge is 1.80. The summed E-state index contributed by atoms with van der Waals surface area (Å²) >= 11 is 0. The van der Waals surface area contributed by atoms with Crippen LogP contribution in [0.1, 0.15) is 5.56 Å². The van der Waals surface area contributed by atoms with Crippen molar-refractivity contribution in [2.75, 3.05) is 0 Å². The Labute approximate surface area is 53.9 Å². The highest BCUT2D eigenvalue weighted by molar-refractivity contribution is 5.13. The normalized spacial score (nSPS) is 8.11. The number of halogens is 1. The fourth-order valence-corrected chi connectivity index (χ4v) is 0.614. The molecule has 1 aromatic rings. The van der Waals surface area contributed by atoms with E-state index in [9.17, 15) is 0 Å². The summed E-state index contributed by atoms with van der Waals surface area (Å²) in [5.41, 5.74) is 6.54. The van der Waals surface area contributed by atoms with E-state index in [2.05, 4.69) is 0 Å². The first-order valence-electron chi connectivity index (χ1n) is 2.67. The van der Waals surface area contributed by atoms with E-state index >= 15 is 0 Å². The van der Waals surface area contributed by atoms with Crippen molar-refractivity contribution in [2.24, 2.45) is 5.73 Å². The molecule has 50 valence electrons. The zero-order chi connectivity index (χ0) is 5.82. The molecular weight excluding hydrogens is 117 g/mol. The molecule has 1 aromatic carbocycles. The molecule has 0 heterocycles. The second-order valence-corrected chi connectivity index (χ2v) is 1.69. The number of benzene rings is 1. The summed E-state index contributed by atoms with van der Waals surface area (Å²) in [6.45, 7) is 0.640. The number of hydrogen-bond acceptors (Lipinski definition) is 1. The molecule has 0 radical (unpaired) electrons. The third kappa shape index (κ3) is 2.24. The van der Waals surface area contributed by atoms with E-state index in [4.69, 9.17) is 5.73 Å². The average Bonchev–Trinajstić information content (AvgIpc) is 1.90. The Morgan fingerprint density at radius 1 is 1.11 bits per heavy atom. The van der Waals surface area contributed by atoms with E-state index < -0.39 is 0 Å². The van der Waals surface area contributed by atoms with Crippen LogP contribution in [0.15, 0.2) is 30.3 Å². The minimum Gasteiger partial charge on any atom is -0.326 e. The van der Waals surface area contributed by atoms with Gasteiger partial charge in [0, 0.05) is 6.54 Å². The molecular formula is C7H10FN. The van der Waals surface area contributed by atoms with Gasteiger partial charge in [0.1, 0.15) is 0 Å². The molecule has 0 fully saturated rings. The standard InChI is InChI=1S/C7H9N.FH/c8-6-7-4-2-1-3-5-7;/h1-5H,6,8H2;1H. The van der Waals surface area contributed by atoms with Crippen LogP contribution in [-0.4, -0.2) is 0 Å². The van der Waals surface area contributed by atoms with Gasteiger partial charge in [-0.25, -0.2) is 0 Å². The summed E-state index contributed by atoms with van der Waals surface area (Å²) in [5, 5.41) is 0. The van der Waals surface area contributed by atoms with E-state index in [0.29, 0.717) is 6.54 Å². The van der Waals surface area contributed by atoms with Crippen molar-refractivity contribution in [3.63, 3.8) is 0 Å². The van der Waals surface area contributed by atoms with Crippen LogP contribution in [0.2, 0.25) is 0 Å². The van der Waals surface area contributed by atoms with Crippen molar-refractivity contribution in [1.82, 2.24) is 0 Å². The molecule has 0 unspecified atom stereocenters. The van der Waals surface area contributed by atoms with E-state index in [-0.39, 0.29) is 4.70 Å². The molecule has 0 atom stereocenters. The summed E-state index contributed by atoms with van der Waals surface area (Å²) in [6.07, 6.45) is 0. The smallest absolute Gasteiger partial charge is 0.0178 e. The van der Waals surface area contributed by atoms with Crippen LogP contribution in [0.3, 0.4) is 0 Å². The zero-order valence-corrected chi connectivity index (χ0v) is 5.08. The number of nitrogens with two attached hydrogens (primary N) is 1. The lowest BCUT2D eigenvalue weighted by molar-refractivity contribution is 1.07. The maximum absolute atomic E-state index is 5.35. The van der Waals surface area contributed by atoms with Crippen LogP contribution in [-0.2, 0) is 6.54 Å². The van der Waals surface area contributed by atoms with Gasteiger partial charge in [-0.2, -0.15) is 0 Å². The van der Waals surface area contributed by atoms with E-state index in [0.717, 1.165) is 0 Å². The van der Waals surface area contributed by atoms with Crippen molar-refractivity contribution in [1.29, 1.82) is 0 Å². The van der Waals surface area contributed by atoms with E-state index in [1.807, 2.05) is 30.3 Å². The summed E-state index contributed by atoms with van der Waals surface area (Å²) in [5.74, 6) is 0. The van der Waals surface area contributed by atoms with Crippen molar-refractivity contribution in [2.45, 2.75) is 6.54 Å². The molecule has 0 amide bonds. The van der Waals surface area contributed by atoms with Gasteiger partial charge in [0.2, 0.25) is 0 Å². The van der Waals surface area contributed by atoms with Crippen molar-refractivity contribution < 1.29 is 4.70 Å². The second kappa shape index (κ2) is 4.04. The van der Waals surface area contributed by atoms with E-state index in [1.54, 1.807) is 0 Å². The maximum Gasteiger partial charge on any atom is 0.0178 e. The fraction of sp³-hybridized carbons (Fsp3) is 0.143. The Morgan fingerprint density at radius 3 is 2.00 bits per heavy atom. The van der Waals surface area contributed by atoms with Gasteiger partial charge in [0.15, 0.2) is 0 Å². The van der Waals surface area contributed by atoms with E-state index in [1.165, 1.54) is 5.56 Å². The minimum atomic E-state index is 0. The molecule has 0 aliphatic heterocycles. The summed E-state index contributed by atoms with van der Waals surface area (Å²) in [4.78, 5) is 0. The summed E-state index contributed by atoms with van der Waals surface area (Å²) in [6, 6.07) is 9.99. The lowest BCUT2D eigenvalue weighted by atomic mass is 10.2. The van der Waals surface area contributed by atoms with Gasteiger partial charge < -0.3 is 5.73 Å². The van der Waals surface area contributed by atoms with Crippen molar-refractivity contribution >= 4 is 0 Å². The molecule has 0 spiro atoms. The Bertz CT molecular complexity index is 150. The largest absolute Gasteiger partial charge is 0.326 e. The average molecular weight is 127 g/mol. The molecule has 9 heavy (non-hydrogen) atoms. The molecule has 0 aliphatic carbocycles. The first kappa shape index (κ1) is 8.11. The van der Waals surface area contributed by atoms with Gasteiger partial charge in [-0.3, -0.25) is 4.70 Å². The van der Waals surface area contributed by atoms with Crippen LogP contribution in [0.5, 0.6) is 0 Å². The molecule has 1 nitrogen and oxygen atoms in total. The third-order valence-electron chi connectivity index (χ3n) is 1.08. The summed E-state index contributed by atoms with van der Waals surface area (Å²) < 4.78 is 0. The van der Waals surface area contributed by atoms with Crippen LogP contribution in [0.25, 0.3) is 0 Å². The highest BCUT2D eigenvalue weighted by Crippen LogP contribution is 1.94. The second-order valence-electron chi connectivity index (χ2n) is 1.69. The van der Waals surface area contributed by atoms with Crippen LogP contribution >= 0.6 is 0 Å². The van der Waals surface area contributed by atoms with Crippen molar-refractivity contribution in [3.05, 3.63) is 35.9 Å². The minimum absolute atomic E-state index is 0. The highest BCUT2D eigenvalue weighted by atomic mass is 19.0. The molecule has 2 heteroatoms. The predicted molar refractivity (Wildman–Crippen MR) is 36.8 cm³/mol. The van der Waals surface area contributed by atoms with Crippen LogP contribution in [0, 0.1) is 0 Å². The lowest BCUT2D eigenvalue weighted by Crippen LogP contribution is -1.94. The first-order chi connectivity index (χ1) is 3.93. The van der Waals surface area contributed by atoms with Crippen LogP contribution < -0.4 is 5.73 Å². The van der Waals surface area contributed by atoms with Crippen molar-refractivity contribution in [3.8, 4) is 0 Å². The monoisotopic (exact) mass is 127 g/mol. The Hall–Kier alpha value is -0.890. The van der Waals surface area contributed by atoms with Crippen LogP contribution in [0.4, 0.5) is 4.70 Å². The Kier molecular flexibility index (Phi) is 3.64. The number of hydrogen-bond donors (Lipinski definition) is 1. The van der Waals surface area contributed by atoms with Gasteiger partial charge in [-0.1, -0.05) is 30.3 Å². The SMILES string of the molecule is F.NCc1ccccc1. The fourth-order valence-electron chi connectivity index (χ4n) is 0.614. The zero-order valence-electron chi connectivity index (χ0n) is 5.08. The molecule has 0 saturated heterocycles. The van der Waals surface area contributed by atoms with Gasteiger partial charge in [-0.15, -0.1) is 0 Å². The maximum atomic E-state index is 5.35. The third-order valence-corrected chi connectivity index (χ3v) is 1.08. The molecule has 0 saturated carbocycles. The first-order valence-corrected chi connectivity index (χ1v) is 2.67. The quantitative estimate of drug-likeness (QED) is 0.604. The Balaban J connectivity index is 0.000000640. The summed E-state index contributed by atoms with van der Waals surface area (Å²) in [7, 11) is 0. The van der Waals surface area contributed by atoms with Gasteiger partial charge in [0.25, 0.3) is 0 Å². The van der Waals surface area contributed by atoms with Gasteiger partial charge >= 0.3 is 0 Å². The lowest BCUT2D eigenvalue weighted by Gasteiger charge is -1.90. The molecule has 0 bridgehead atoms. The Morgan fingerprint density at radius 2 is 1.67 bits per heavy atom. The molecule has 0 aromatic heterocycles. The predicted octanol–water partition coefficient (Wildman–Crippen LogP) is 1.30. The molecule has 1 rings (SSSR count). The number of rotatable bonds is 1.